The average molecular weight is 472 g/mol. The Kier molecular flexibility index (Phi) is 6.87. The molecule has 0 fully saturated rings. The van der Waals surface area contributed by atoms with Crippen LogP contribution in [0.3, 0.4) is 0 Å². The van der Waals surface area contributed by atoms with Crippen molar-refractivity contribution in [3.05, 3.63) is 94.5 Å². The third-order valence-corrected chi connectivity index (χ3v) is 6.01. The highest BCUT2D eigenvalue weighted by Gasteiger charge is 2.35. The van der Waals surface area contributed by atoms with Gasteiger partial charge in [0.15, 0.2) is 0 Å². The summed E-state index contributed by atoms with van der Waals surface area (Å²) < 4.78 is 5.72. The molecule has 4 rings (SSSR count). The normalized spacial score (nSPS) is 12.5. The number of benzene rings is 3. The highest BCUT2D eigenvalue weighted by atomic mass is 16.5. The molecule has 1 aliphatic rings. The van der Waals surface area contributed by atoms with Crippen molar-refractivity contribution in [3.8, 4) is 5.75 Å². The van der Waals surface area contributed by atoms with Crippen LogP contribution >= 0.6 is 0 Å². The van der Waals surface area contributed by atoms with Crippen molar-refractivity contribution < 1.29 is 19.1 Å². The van der Waals surface area contributed by atoms with Gasteiger partial charge in [-0.3, -0.25) is 19.3 Å². The molecule has 0 aromatic heterocycles. The third kappa shape index (κ3) is 4.89. The van der Waals surface area contributed by atoms with E-state index in [0.717, 1.165) is 11.3 Å². The first-order chi connectivity index (χ1) is 16.8. The zero-order chi connectivity index (χ0) is 25.1. The second-order valence-electron chi connectivity index (χ2n) is 8.73. The lowest BCUT2D eigenvalue weighted by molar-refractivity contribution is 0.0642. The highest BCUT2D eigenvalue weighted by Crippen LogP contribution is 2.27. The minimum atomic E-state index is -0.328. The van der Waals surface area contributed by atoms with Gasteiger partial charge >= 0.3 is 0 Å². The summed E-state index contributed by atoms with van der Waals surface area (Å²) in [6.07, 6.45) is 0. The van der Waals surface area contributed by atoms with E-state index in [9.17, 15) is 14.4 Å². The lowest BCUT2D eigenvalue weighted by Crippen LogP contribution is -2.30. The third-order valence-electron chi connectivity index (χ3n) is 6.01. The topological polar surface area (TPSA) is 70.2 Å². The first kappa shape index (κ1) is 24.0. The highest BCUT2D eigenvalue weighted by molar-refractivity contribution is 6.21. The Labute approximate surface area is 205 Å². The van der Waals surface area contributed by atoms with Gasteiger partial charge in [-0.25, -0.2) is 0 Å². The minimum Gasteiger partial charge on any atom is -0.493 e. The van der Waals surface area contributed by atoms with Crippen LogP contribution < -0.4 is 9.64 Å². The molecule has 0 unspecified atom stereocenters. The Morgan fingerprint density at radius 1 is 0.857 bits per heavy atom. The van der Waals surface area contributed by atoms with Crippen molar-refractivity contribution in [3.63, 3.8) is 0 Å². The van der Waals surface area contributed by atoms with Gasteiger partial charge in [0.2, 0.25) is 0 Å². The maximum absolute atomic E-state index is 13.4. The summed E-state index contributed by atoms with van der Waals surface area (Å²) in [6, 6.07) is 20.0. The van der Waals surface area contributed by atoms with Crippen LogP contribution in [0.2, 0.25) is 0 Å². The summed E-state index contributed by atoms with van der Waals surface area (Å²) in [5, 5.41) is 0. The molecular weight excluding hydrogens is 442 g/mol. The molecule has 35 heavy (non-hydrogen) atoms. The van der Waals surface area contributed by atoms with Crippen LogP contribution in [0.4, 0.5) is 5.69 Å². The van der Waals surface area contributed by atoms with Gasteiger partial charge in [-0.1, -0.05) is 30.3 Å². The van der Waals surface area contributed by atoms with Crippen LogP contribution in [0.25, 0.3) is 0 Å². The second-order valence-corrected chi connectivity index (χ2v) is 8.73. The van der Waals surface area contributed by atoms with Crippen LogP contribution in [0.15, 0.2) is 66.7 Å². The SMILES string of the molecule is CCOc1ccc(CN2C(=O)c3ccccc3C2=O)cc1C(=O)N(C)Cc1ccc(N(C)C)cc1. The summed E-state index contributed by atoms with van der Waals surface area (Å²) in [7, 11) is 5.71. The fourth-order valence-corrected chi connectivity index (χ4v) is 4.14. The van der Waals surface area contributed by atoms with Crippen LogP contribution in [0.5, 0.6) is 5.75 Å². The smallest absolute Gasteiger partial charge is 0.261 e. The molecule has 7 nitrogen and oxygen atoms in total. The minimum absolute atomic E-state index is 0.0781. The summed E-state index contributed by atoms with van der Waals surface area (Å²) in [5.74, 6) is -0.385. The number of ether oxygens (including phenoxy) is 1. The summed E-state index contributed by atoms with van der Waals surface area (Å²) in [4.78, 5) is 43.8. The number of hydrogen-bond acceptors (Lipinski definition) is 5. The number of fused-ring (bicyclic) bond motifs is 1. The molecule has 180 valence electrons. The fourth-order valence-electron chi connectivity index (χ4n) is 4.14. The van der Waals surface area contributed by atoms with Gasteiger partial charge in [-0.05, 0) is 54.4 Å². The second kappa shape index (κ2) is 10.0. The van der Waals surface area contributed by atoms with E-state index < -0.39 is 0 Å². The fraction of sp³-hybridized carbons (Fsp3) is 0.250. The Morgan fingerprint density at radius 3 is 2.03 bits per heavy atom. The van der Waals surface area contributed by atoms with Gasteiger partial charge in [-0.2, -0.15) is 0 Å². The molecule has 7 heteroatoms. The van der Waals surface area contributed by atoms with E-state index in [1.54, 1.807) is 54.4 Å². The number of carbonyl (C=O) groups excluding carboxylic acids is 3. The van der Waals surface area contributed by atoms with E-state index in [2.05, 4.69) is 0 Å². The van der Waals surface area contributed by atoms with Crippen LogP contribution in [0, 0.1) is 0 Å². The van der Waals surface area contributed by atoms with Crippen molar-refractivity contribution in [2.24, 2.45) is 0 Å². The molecule has 0 bridgehead atoms. The number of carbonyl (C=O) groups is 3. The molecule has 3 amide bonds. The number of anilines is 1. The predicted molar refractivity (Wildman–Crippen MR) is 135 cm³/mol. The van der Waals surface area contributed by atoms with Crippen molar-refractivity contribution >= 4 is 23.4 Å². The molecule has 0 spiro atoms. The number of amides is 3. The molecule has 1 aliphatic heterocycles. The van der Waals surface area contributed by atoms with E-state index in [0.29, 0.717) is 41.2 Å². The van der Waals surface area contributed by atoms with E-state index >= 15 is 0 Å². The maximum atomic E-state index is 13.4. The molecule has 0 radical (unpaired) electrons. The van der Waals surface area contributed by atoms with Crippen molar-refractivity contribution in [2.45, 2.75) is 20.0 Å². The quantitative estimate of drug-likeness (QED) is 0.460. The van der Waals surface area contributed by atoms with Crippen LogP contribution in [0.1, 0.15) is 49.1 Å². The zero-order valence-corrected chi connectivity index (χ0v) is 20.4. The lowest BCUT2D eigenvalue weighted by atomic mass is 10.1. The Hall–Kier alpha value is -4.13. The number of nitrogens with zero attached hydrogens (tertiary/aromatic N) is 3. The van der Waals surface area contributed by atoms with Crippen molar-refractivity contribution in [1.82, 2.24) is 9.80 Å². The molecule has 0 atom stereocenters. The number of rotatable bonds is 8. The Bertz CT molecular complexity index is 1230. The first-order valence-corrected chi connectivity index (χ1v) is 11.5. The van der Waals surface area contributed by atoms with E-state index in [4.69, 9.17) is 4.74 Å². The van der Waals surface area contributed by atoms with Gasteiger partial charge in [0, 0.05) is 33.4 Å². The lowest BCUT2D eigenvalue weighted by Gasteiger charge is -2.21. The Balaban J connectivity index is 1.55. The van der Waals surface area contributed by atoms with E-state index in [-0.39, 0.29) is 24.3 Å². The molecule has 0 aliphatic carbocycles. The molecule has 3 aromatic rings. The first-order valence-electron chi connectivity index (χ1n) is 11.5. The Morgan fingerprint density at radius 2 is 1.46 bits per heavy atom. The molecule has 0 N–H and O–H groups in total. The molecule has 1 heterocycles. The van der Waals surface area contributed by atoms with Gasteiger partial charge in [0.1, 0.15) is 5.75 Å². The van der Waals surface area contributed by atoms with Crippen molar-refractivity contribution in [1.29, 1.82) is 0 Å². The summed E-state index contributed by atoms with van der Waals surface area (Å²) >= 11 is 0. The van der Waals surface area contributed by atoms with Gasteiger partial charge < -0.3 is 14.5 Å². The van der Waals surface area contributed by atoms with Crippen molar-refractivity contribution in [2.75, 3.05) is 32.6 Å². The zero-order valence-electron chi connectivity index (χ0n) is 20.4. The monoisotopic (exact) mass is 471 g/mol. The van der Waals surface area contributed by atoms with E-state index in [1.807, 2.05) is 50.2 Å². The van der Waals surface area contributed by atoms with Crippen LogP contribution in [-0.4, -0.2) is 55.3 Å². The molecule has 0 saturated carbocycles. The largest absolute Gasteiger partial charge is 0.493 e. The summed E-state index contributed by atoms with van der Waals surface area (Å²) in [5.41, 5.74) is 3.97. The molecule has 3 aromatic carbocycles. The number of hydrogen-bond donors (Lipinski definition) is 0. The standard InChI is InChI=1S/C28H29N3O4/c1-5-35-25-15-12-20(18-31-27(33)22-8-6-7-9-23(22)28(31)34)16-24(25)26(32)30(4)17-19-10-13-21(14-11-19)29(2)3/h6-16H,5,17-18H2,1-4H3. The van der Waals surface area contributed by atoms with Crippen LogP contribution in [-0.2, 0) is 13.1 Å². The van der Waals surface area contributed by atoms with Gasteiger partial charge in [0.25, 0.3) is 17.7 Å². The number of imide groups is 1. The van der Waals surface area contributed by atoms with E-state index in [1.165, 1.54) is 4.90 Å². The predicted octanol–water partition coefficient (Wildman–Crippen LogP) is 4.22. The average Bonchev–Trinajstić information content (AvgIpc) is 3.10. The van der Waals surface area contributed by atoms with Gasteiger partial charge in [-0.15, -0.1) is 0 Å². The van der Waals surface area contributed by atoms with Gasteiger partial charge in [0.05, 0.1) is 29.8 Å². The molecule has 0 saturated heterocycles. The summed E-state index contributed by atoms with van der Waals surface area (Å²) in [6.45, 7) is 2.78. The molecular formula is C28H29N3O4. The maximum Gasteiger partial charge on any atom is 0.261 e.